The van der Waals surface area contributed by atoms with E-state index >= 15 is 0 Å². The lowest BCUT2D eigenvalue weighted by molar-refractivity contribution is 0.143. The molecule has 0 fully saturated rings. The Morgan fingerprint density at radius 1 is 1.03 bits per heavy atom. The molecule has 1 aliphatic rings. The zero-order valence-electron chi connectivity index (χ0n) is 16.9. The Labute approximate surface area is 180 Å². The van der Waals surface area contributed by atoms with Gasteiger partial charge in [0.1, 0.15) is 6.61 Å². The number of fused-ring (bicyclic) bond motifs is 4. The molecule has 2 heterocycles. The minimum atomic E-state index is -0.397. The molecule has 2 N–H and O–H groups in total. The van der Waals surface area contributed by atoms with Gasteiger partial charge in [-0.15, -0.1) is 0 Å². The summed E-state index contributed by atoms with van der Waals surface area (Å²) in [5, 5.41) is 10.9. The van der Waals surface area contributed by atoms with E-state index in [9.17, 15) is 4.79 Å². The molecule has 0 bridgehead atoms. The monoisotopic (exact) mass is 410 g/mol. The number of H-pyrrole nitrogens is 1. The van der Waals surface area contributed by atoms with Gasteiger partial charge in [0.2, 0.25) is 0 Å². The van der Waals surface area contributed by atoms with E-state index in [1.165, 1.54) is 22.3 Å². The van der Waals surface area contributed by atoms with Crippen molar-refractivity contribution >= 4 is 23.2 Å². The number of alkyl carbamates (subject to hydrolysis) is 1. The summed E-state index contributed by atoms with van der Waals surface area (Å²) in [6.07, 6.45) is 5.95. The Morgan fingerprint density at radius 2 is 1.77 bits per heavy atom. The van der Waals surface area contributed by atoms with Crippen LogP contribution < -0.4 is 5.32 Å². The van der Waals surface area contributed by atoms with Crippen LogP contribution in [0.3, 0.4) is 0 Å². The Balaban J connectivity index is 1.13. The van der Waals surface area contributed by atoms with Crippen LogP contribution in [0.25, 0.3) is 28.2 Å². The highest BCUT2D eigenvalue weighted by Gasteiger charge is 2.28. The summed E-state index contributed by atoms with van der Waals surface area (Å²) in [6, 6.07) is 20.5. The number of carbonyl (C=O) groups is 1. The molecule has 1 aliphatic carbocycles. The van der Waals surface area contributed by atoms with Crippen molar-refractivity contribution in [3.63, 3.8) is 0 Å². The topological polar surface area (TPSA) is 79.9 Å². The fraction of sp³-hybridized carbons (Fsp3) is 0.160. The molecule has 0 saturated carbocycles. The van der Waals surface area contributed by atoms with Crippen molar-refractivity contribution in [2.24, 2.45) is 0 Å². The van der Waals surface area contributed by atoms with E-state index in [-0.39, 0.29) is 5.92 Å². The second-order valence-corrected chi connectivity index (χ2v) is 7.46. The number of amides is 1. The van der Waals surface area contributed by atoms with Crippen LogP contribution in [0.2, 0.25) is 0 Å². The molecule has 0 unspecified atom stereocenters. The minimum Gasteiger partial charge on any atom is -0.449 e. The number of benzene rings is 2. The molecule has 0 radical (unpaired) electrons. The number of pyridine rings is 1. The lowest BCUT2D eigenvalue weighted by atomic mass is 9.98. The molecule has 6 nitrogen and oxygen atoms in total. The van der Waals surface area contributed by atoms with Crippen LogP contribution in [0.15, 0.2) is 72.9 Å². The molecule has 6 heteroatoms. The highest BCUT2D eigenvalue weighted by molar-refractivity contribution is 5.83. The third-order valence-corrected chi connectivity index (χ3v) is 5.57. The van der Waals surface area contributed by atoms with Gasteiger partial charge in [-0.3, -0.25) is 5.10 Å². The first-order valence-corrected chi connectivity index (χ1v) is 10.4. The Morgan fingerprint density at radius 3 is 2.55 bits per heavy atom. The second-order valence-electron chi connectivity index (χ2n) is 7.46. The quantitative estimate of drug-likeness (QED) is 0.443. The standard InChI is InChI=1S/C25H22N4O2/c30-25(27-14-6-5-13-23-21-12-7-15-26-24(21)29-28-23)31-16-22-19-10-3-1-8-17(19)18-9-2-4-11-20(18)22/h1-5,7-13,15,22H,6,14,16H2,(H,27,30)(H,26,28,29). The second kappa shape index (κ2) is 8.44. The van der Waals surface area contributed by atoms with Gasteiger partial charge in [0.05, 0.1) is 5.69 Å². The third-order valence-electron chi connectivity index (χ3n) is 5.57. The van der Waals surface area contributed by atoms with Gasteiger partial charge in [-0.25, -0.2) is 9.78 Å². The molecular formula is C25H22N4O2. The van der Waals surface area contributed by atoms with Crippen molar-refractivity contribution in [1.82, 2.24) is 20.5 Å². The summed E-state index contributed by atoms with van der Waals surface area (Å²) >= 11 is 0. The number of nitrogens with zero attached hydrogens (tertiary/aromatic N) is 2. The zero-order valence-corrected chi connectivity index (χ0v) is 16.9. The van der Waals surface area contributed by atoms with Crippen LogP contribution in [0, 0.1) is 0 Å². The summed E-state index contributed by atoms with van der Waals surface area (Å²) in [7, 11) is 0. The van der Waals surface area contributed by atoms with Crippen LogP contribution in [0.1, 0.15) is 29.2 Å². The third kappa shape index (κ3) is 3.80. The summed E-state index contributed by atoms with van der Waals surface area (Å²) in [6.45, 7) is 0.820. The van der Waals surface area contributed by atoms with Crippen molar-refractivity contribution in [2.75, 3.05) is 13.2 Å². The molecule has 4 aromatic rings. The van der Waals surface area contributed by atoms with Crippen molar-refractivity contribution in [1.29, 1.82) is 0 Å². The molecule has 2 aromatic heterocycles. The van der Waals surface area contributed by atoms with Gasteiger partial charge in [-0.2, -0.15) is 5.10 Å². The van der Waals surface area contributed by atoms with Gasteiger partial charge in [0.15, 0.2) is 5.65 Å². The van der Waals surface area contributed by atoms with E-state index in [4.69, 9.17) is 4.74 Å². The average molecular weight is 410 g/mol. The van der Waals surface area contributed by atoms with Gasteiger partial charge in [0.25, 0.3) is 0 Å². The number of carbonyl (C=O) groups excluding carboxylic acids is 1. The van der Waals surface area contributed by atoms with E-state index in [0.717, 1.165) is 11.1 Å². The van der Waals surface area contributed by atoms with E-state index in [0.29, 0.717) is 25.2 Å². The maximum Gasteiger partial charge on any atom is 0.407 e. The molecule has 2 aromatic carbocycles. The number of rotatable bonds is 6. The molecule has 5 rings (SSSR count). The predicted molar refractivity (Wildman–Crippen MR) is 121 cm³/mol. The van der Waals surface area contributed by atoms with Gasteiger partial charge in [-0.05, 0) is 46.9 Å². The summed E-state index contributed by atoms with van der Waals surface area (Å²) in [4.78, 5) is 16.4. The fourth-order valence-electron chi connectivity index (χ4n) is 4.10. The molecular weight excluding hydrogens is 388 g/mol. The van der Waals surface area contributed by atoms with Crippen molar-refractivity contribution in [3.8, 4) is 11.1 Å². The van der Waals surface area contributed by atoms with Crippen LogP contribution in [0.4, 0.5) is 4.79 Å². The zero-order chi connectivity index (χ0) is 21.0. The van der Waals surface area contributed by atoms with Crippen LogP contribution in [-0.4, -0.2) is 34.4 Å². The Hall–Kier alpha value is -3.93. The highest BCUT2D eigenvalue weighted by atomic mass is 16.5. The number of hydrogen-bond acceptors (Lipinski definition) is 4. The number of aromatic nitrogens is 3. The molecule has 154 valence electrons. The van der Waals surface area contributed by atoms with E-state index in [1.807, 2.05) is 48.6 Å². The van der Waals surface area contributed by atoms with E-state index < -0.39 is 6.09 Å². The first kappa shape index (κ1) is 19.1. The largest absolute Gasteiger partial charge is 0.449 e. The van der Waals surface area contributed by atoms with E-state index in [2.05, 4.69) is 44.8 Å². The summed E-state index contributed by atoms with van der Waals surface area (Å²) < 4.78 is 5.55. The fourth-order valence-corrected chi connectivity index (χ4v) is 4.10. The molecule has 0 saturated heterocycles. The first-order chi connectivity index (χ1) is 15.3. The maximum atomic E-state index is 12.2. The molecule has 31 heavy (non-hydrogen) atoms. The van der Waals surface area contributed by atoms with Crippen molar-refractivity contribution in [2.45, 2.75) is 12.3 Å². The van der Waals surface area contributed by atoms with Gasteiger partial charge >= 0.3 is 6.09 Å². The minimum absolute atomic E-state index is 0.0697. The van der Waals surface area contributed by atoms with Gasteiger partial charge < -0.3 is 10.1 Å². The normalized spacial score (nSPS) is 12.8. The summed E-state index contributed by atoms with van der Waals surface area (Å²) in [5.41, 5.74) is 6.46. The number of nitrogens with one attached hydrogen (secondary N) is 2. The molecule has 1 amide bonds. The Bertz CT molecular complexity index is 1220. The number of ether oxygens (including phenoxy) is 1. The average Bonchev–Trinajstić information content (AvgIpc) is 3.37. The highest BCUT2D eigenvalue weighted by Crippen LogP contribution is 2.44. The lowest BCUT2D eigenvalue weighted by Gasteiger charge is -2.14. The molecule has 0 aliphatic heterocycles. The van der Waals surface area contributed by atoms with Crippen molar-refractivity contribution < 1.29 is 9.53 Å². The van der Waals surface area contributed by atoms with Crippen LogP contribution >= 0.6 is 0 Å². The van der Waals surface area contributed by atoms with Gasteiger partial charge in [0, 0.05) is 24.0 Å². The number of hydrogen-bond donors (Lipinski definition) is 2. The number of aromatic amines is 1. The van der Waals surface area contributed by atoms with Gasteiger partial charge in [-0.1, -0.05) is 54.6 Å². The SMILES string of the molecule is O=C(NCCC=Cc1[nH]nc2ncccc12)OCC1c2ccccc2-c2ccccc21. The molecule has 0 spiro atoms. The van der Waals surface area contributed by atoms with E-state index in [1.54, 1.807) is 6.20 Å². The maximum absolute atomic E-state index is 12.2. The summed E-state index contributed by atoms with van der Waals surface area (Å²) in [5.74, 6) is 0.0697. The van der Waals surface area contributed by atoms with Crippen LogP contribution in [-0.2, 0) is 4.74 Å². The van der Waals surface area contributed by atoms with Crippen LogP contribution in [0.5, 0.6) is 0 Å². The predicted octanol–water partition coefficient (Wildman–Crippen LogP) is 4.90. The first-order valence-electron chi connectivity index (χ1n) is 10.4. The Kier molecular flexibility index (Phi) is 5.19. The lowest BCUT2D eigenvalue weighted by Crippen LogP contribution is -2.26. The molecule has 0 atom stereocenters. The smallest absolute Gasteiger partial charge is 0.407 e. The van der Waals surface area contributed by atoms with Crippen molar-refractivity contribution in [3.05, 3.63) is 89.8 Å².